The Morgan fingerprint density at radius 2 is 2.31 bits per heavy atom. The molecule has 0 aliphatic rings. The van der Waals surface area contributed by atoms with Gasteiger partial charge in [-0.05, 0) is 34.7 Å². The zero-order valence-corrected chi connectivity index (χ0v) is 10.2. The van der Waals surface area contributed by atoms with E-state index < -0.39 is 0 Å². The molecule has 2 rings (SSSR count). The van der Waals surface area contributed by atoms with E-state index >= 15 is 0 Å². The zero-order valence-electron chi connectivity index (χ0n) is 8.08. The highest BCUT2D eigenvalue weighted by Gasteiger charge is 2.04. The van der Waals surface area contributed by atoms with Crippen LogP contribution in [0.3, 0.4) is 0 Å². The minimum Gasteiger partial charge on any atom is -0.409 e. The number of hydrogen-bond acceptors (Lipinski definition) is 4. The first kappa shape index (κ1) is 10.9. The van der Waals surface area contributed by atoms with Crippen molar-refractivity contribution in [2.75, 3.05) is 0 Å². The van der Waals surface area contributed by atoms with Crippen LogP contribution in [0.1, 0.15) is 5.69 Å². The summed E-state index contributed by atoms with van der Waals surface area (Å²) in [5.41, 5.74) is 5.86. The molecule has 0 aliphatic carbocycles. The van der Waals surface area contributed by atoms with Crippen LogP contribution in [-0.2, 0) is 0 Å². The van der Waals surface area contributed by atoms with Gasteiger partial charge in [-0.15, -0.1) is 0 Å². The van der Waals surface area contributed by atoms with Crippen molar-refractivity contribution >= 4 is 28.4 Å². The molecule has 2 aromatic rings. The van der Waals surface area contributed by atoms with E-state index in [1.165, 1.54) is 0 Å². The summed E-state index contributed by atoms with van der Waals surface area (Å²) in [6.07, 6.45) is 3.55. The monoisotopic (exact) mass is 329 g/mol. The Labute approximate surface area is 105 Å². The molecule has 16 heavy (non-hydrogen) atoms. The third-order valence-electron chi connectivity index (χ3n) is 1.89. The highest BCUT2D eigenvalue weighted by atomic mass is 127. The summed E-state index contributed by atoms with van der Waals surface area (Å²) < 4.78 is 2.63. The van der Waals surface area contributed by atoms with Gasteiger partial charge in [0.2, 0.25) is 0 Å². The fraction of sp³-hybridized carbons (Fsp3) is 0. The molecule has 82 valence electrons. The molecule has 2 aromatic heterocycles. The van der Waals surface area contributed by atoms with E-state index in [0.29, 0.717) is 11.5 Å². The third kappa shape index (κ3) is 2.13. The number of rotatable bonds is 2. The molecule has 7 heteroatoms. The number of aromatic nitrogens is 3. The van der Waals surface area contributed by atoms with Crippen molar-refractivity contribution in [3.63, 3.8) is 0 Å². The molecule has 0 spiro atoms. The predicted octanol–water partition coefficient (Wildman–Crippen LogP) is 0.966. The molecular weight excluding hydrogens is 321 g/mol. The maximum absolute atomic E-state index is 8.55. The molecule has 0 amide bonds. The molecule has 0 bridgehead atoms. The lowest BCUT2D eigenvalue weighted by molar-refractivity contribution is 0.318. The third-order valence-corrected chi connectivity index (χ3v) is 2.45. The Kier molecular flexibility index (Phi) is 3.04. The standard InChI is InChI=1S/C9H8IN5O/c10-6-4-12-15(5-6)8-3-1-2-7(13-8)9(11)14-16/h1-5,16H,(H2,11,14). The number of halogens is 1. The molecule has 0 aliphatic heterocycles. The fourth-order valence-corrected chi connectivity index (χ4v) is 1.56. The van der Waals surface area contributed by atoms with E-state index in [-0.39, 0.29) is 5.84 Å². The second-order valence-electron chi connectivity index (χ2n) is 2.97. The average Bonchev–Trinajstić information content (AvgIpc) is 2.75. The first-order chi connectivity index (χ1) is 7.70. The molecular formula is C9H8IN5O. The first-order valence-electron chi connectivity index (χ1n) is 4.36. The Hall–Kier alpha value is -1.64. The molecule has 0 radical (unpaired) electrons. The lowest BCUT2D eigenvalue weighted by Gasteiger charge is -2.02. The molecule has 3 N–H and O–H groups in total. The van der Waals surface area contributed by atoms with E-state index in [4.69, 9.17) is 10.9 Å². The van der Waals surface area contributed by atoms with Crippen molar-refractivity contribution in [2.24, 2.45) is 10.9 Å². The number of pyridine rings is 1. The van der Waals surface area contributed by atoms with Crippen LogP contribution in [0.25, 0.3) is 5.82 Å². The fourth-order valence-electron chi connectivity index (χ4n) is 1.17. The molecule has 0 atom stereocenters. The second-order valence-corrected chi connectivity index (χ2v) is 4.22. The van der Waals surface area contributed by atoms with Crippen molar-refractivity contribution < 1.29 is 5.21 Å². The lowest BCUT2D eigenvalue weighted by atomic mass is 10.3. The summed E-state index contributed by atoms with van der Waals surface area (Å²) in [5, 5.41) is 15.6. The van der Waals surface area contributed by atoms with E-state index in [2.05, 4.69) is 37.8 Å². The zero-order chi connectivity index (χ0) is 11.5. The Morgan fingerprint density at radius 3 is 2.94 bits per heavy atom. The van der Waals surface area contributed by atoms with Crippen LogP contribution >= 0.6 is 22.6 Å². The number of oxime groups is 1. The maximum atomic E-state index is 8.55. The van der Waals surface area contributed by atoms with Gasteiger partial charge in [0.05, 0.1) is 9.77 Å². The van der Waals surface area contributed by atoms with E-state index in [1.807, 2.05) is 6.20 Å². The highest BCUT2D eigenvalue weighted by Crippen LogP contribution is 2.08. The molecule has 0 saturated heterocycles. The van der Waals surface area contributed by atoms with Gasteiger partial charge >= 0.3 is 0 Å². The summed E-state index contributed by atoms with van der Waals surface area (Å²) in [7, 11) is 0. The number of amidine groups is 1. The molecule has 0 unspecified atom stereocenters. The SMILES string of the molecule is NC(=NO)c1cccc(-n2cc(I)cn2)n1. The van der Waals surface area contributed by atoms with Crippen LogP contribution in [0.15, 0.2) is 35.7 Å². The average molecular weight is 329 g/mol. The number of hydrogen-bond donors (Lipinski definition) is 2. The Bertz CT molecular complexity index is 536. The van der Waals surface area contributed by atoms with Crippen molar-refractivity contribution in [3.05, 3.63) is 39.9 Å². The smallest absolute Gasteiger partial charge is 0.188 e. The van der Waals surface area contributed by atoms with E-state index in [9.17, 15) is 0 Å². The van der Waals surface area contributed by atoms with Gasteiger partial charge in [0.25, 0.3) is 0 Å². The second kappa shape index (κ2) is 4.47. The summed E-state index contributed by atoms with van der Waals surface area (Å²) in [4.78, 5) is 4.21. The Morgan fingerprint density at radius 1 is 1.50 bits per heavy atom. The van der Waals surface area contributed by atoms with Crippen LogP contribution < -0.4 is 5.73 Å². The van der Waals surface area contributed by atoms with Gasteiger partial charge < -0.3 is 10.9 Å². The number of nitrogens with zero attached hydrogens (tertiary/aromatic N) is 4. The normalized spacial score (nSPS) is 11.7. The summed E-state index contributed by atoms with van der Waals surface area (Å²) >= 11 is 2.16. The van der Waals surface area contributed by atoms with Crippen LogP contribution in [0.2, 0.25) is 0 Å². The topological polar surface area (TPSA) is 89.3 Å². The van der Waals surface area contributed by atoms with Gasteiger partial charge in [0.15, 0.2) is 11.7 Å². The molecule has 2 heterocycles. The highest BCUT2D eigenvalue weighted by molar-refractivity contribution is 14.1. The van der Waals surface area contributed by atoms with Crippen molar-refractivity contribution in [1.29, 1.82) is 0 Å². The van der Waals surface area contributed by atoms with Crippen molar-refractivity contribution in [3.8, 4) is 5.82 Å². The molecule has 0 aromatic carbocycles. The summed E-state index contributed by atoms with van der Waals surface area (Å²) in [5.74, 6) is 0.593. The largest absolute Gasteiger partial charge is 0.409 e. The van der Waals surface area contributed by atoms with Crippen LogP contribution in [-0.4, -0.2) is 25.8 Å². The first-order valence-corrected chi connectivity index (χ1v) is 5.44. The Balaban J connectivity index is 2.43. The van der Waals surface area contributed by atoms with Gasteiger partial charge in [-0.25, -0.2) is 9.67 Å². The van der Waals surface area contributed by atoms with Crippen molar-refractivity contribution in [2.45, 2.75) is 0 Å². The van der Waals surface area contributed by atoms with Gasteiger partial charge in [-0.2, -0.15) is 5.10 Å². The van der Waals surface area contributed by atoms with Gasteiger partial charge in [-0.3, -0.25) is 0 Å². The van der Waals surface area contributed by atoms with Crippen molar-refractivity contribution in [1.82, 2.24) is 14.8 Å². The van der Waals surface area contributed by atoms with Gasteiger partial charge in [0, 0.05) is 6.20 Å². The summed E-state index contributed by atoms with van der Waals surface area (Å²) in [6, 6.07) is 5.22. The van der Waals surface area contributed by atoms with E-state index in [0.717, 1.165) is 3.57 Å². The quantitative estimate of drug-likeness (QED) is 0.282. The van der Waals surface area contributed by atoms with E-state index in [1.54, 1.807) is 29.1 Å². The van der Waals surface area contributed by atoms with Gasteiger partial charge in [0.1, 0.15) is 5.69 Å². The minimum atomic E-state index is -0.0243. The van der Waals surface area contributed by atoms with Crippen LogP contribution in [0.5, 0.6) is 0 Å². The lowest BCUT2D eigenvalue weighted by Crippen LogP contribution is -2.16. The van der Waals surface area contributed by atoms with Crippen LogP contribution in [0.4, 0.5) is 0 Å². The minimum absolute atomic E-state index is 0.0243. The molecule has 6 nitrogen and oxygen atoms in total. The molecule has 0 saturated carbocycles. The predicted molar refractivity (Wildman–Crippen MR) is 66.6 cm³/mol. The molecule has 0 fully saturated rings. The number of nitrogens with two attached hydrogens (primary N) is 1. The van der Waals surface area contributed by atoms with Crippen LogP contribution in [0, 0.1) is 3.57 Å². The van der Waals surface area contributed by atoms with Gasteiger partial charge in [-0.1, -0.05) is 11.2 Å². The summed E-state index contributed by atoms with van der Waals surface area (Å²) in [6.45, 7) is 0. The maximum Gasteiger partial charge on any atom is 0.188 e.